The van der Waals surface area contributed by atoms with Gasteiger partial charge in [-0.15, -0.1) is 11.8 Å². The number of thioether (sulfide) groups is 1. The second-order valence-corrected chi connectivity index (χ2v) is 6.13. The van der Waals surface area contributed by atoms with E-state index in [2.05, 4.69) is 10.6 Å². The highest BCUT2D eigenvalue weighted by Crippen LogP contribution is 2.31. The fraction of sp³-hybridized carbons (Fsp3) is 0.462. The zero-order chi connectivity index (χ0) is 13.8. The van der Waals surface area contributed by atoms with Gasteiger partial charge in [0.05, 0.1) is 15.6 Å². The molecule has 1 aromatic rings. The summed E-state index contributed by atoms with van der Waals surface area (Å²) in [6, 6.07) is 3.74. The molecule has 1 unspecified atom stereocenters. The Morgan fingerprint density at radius 3 is 2.89 bits per heavy atom. The van der Waals surface area contributed by atoms with Crippen LogP contribution in [-0.4, -0.2) is 31.3 Å². The fourth-order valence-electron chi connectivity index (χ4n) is 2.10. The summed E-state index contributed by atoms with van der Waals surface area (Å²) in [5.74, 6) is -0.148. The van der Waals surface area contributed by atoms with Crippen molar-refractivity contribution in [3.05, 3.63) is 27.7 Å². The van der Waals surface area contributed by atoms with Gasteiger partial charge in [-0.3, -0.25) is 4.79 Å². The number of carbonyl (C=O) groups excluding carboxylic acids is 1. The molecule has 0 bridgehead atoms. The number of halogens is 2. The van der Waals surface area contributed by atoms with E-state index in [9.17, 15) is 4.79 Å². The summed E-state index contributed by atoms with van der Waals surface area (Å²) >= 11 is 13.6. The van der Waals surface area contributed by atoms with Crippen molar-refractivity contribution < 1.29 is 4.79 Å². The first-order chi connectivity index (χ1) is 9.11. The van der Waals surface area contributed by atoms with Crippen molar-refractivity contribution in [1.82, 2.24) is 10.6 Å². The minimum absolute atomic E-state index is 0.148. The van der Waals surface area contributed by atoms with Crippen molar-refractivity contribution in [3.8, 4) is 0 Å². The van der Waals surface area contributed by atoms with Crippen molar-refractivity contribution in [3.63, 3.8) is 0 Å². The quantitative estimate of drug-likeness (QED) is 0.838. The number of nitrogens with one attached hydrogen (secondary N) is 2. The summed E-state index contributed by atoms with van der Waals surface area (Å²) in [5, 5.41) is 7.22. The smallest absolute Gasteiger partial charge is 0.252 e. The average Bonchev–Trinajstić information content (AvgIpc) is 2.89. The van der Waals surface area contributed by atoms with Crippen molar-refractivity contribution in [2.75, 3.05) is 19.3 Å². The van der Waals surface area contributed by atoms with Gasteiger partial charge in [0.1, 0.15) is 0 Å². The van der Waals surface area contributed by atoms with Gasteiger partial charge in [0, 0.05) is 17.5 Å². The lowest BCUT2D eigenvalue weighted by Crippen LogP contribution is -2.37. The SMILES string of the molecule is CSc1cc(C(=O)NCC2CCCN2)c(Cl)cc1Cl. The number of benzene rings is 1. The van der Waals surface area contributed by atoms with Crippen LogP contribution >= 0.6 is 35.0 Å². The molecular weight excluding hydrogens is 303 g/mol. The zero-order valence-electron chi connectivity index (χ0n) is 10.6. The molecule has 2 N–H and O–H groups in total. The highest BCUT2D eigenvalue weighted by Gasteiger charge is 2.17. The van der Waals surface area contributed by atoms with Gasteiger partial charge in [-0.2, -0.15) is 0 Å². The normalized spacial score (nSPS) is 18.6. The van der Waals surface area contributed by atoms with Gasteiger partial charge in [-0.25, -0.2) is 0 Å². The first-order valence-electron chi connectivity index (χ1n) is 6.16. The maximum absolute atomic E-state index is 12.1. The Kier molecular flexibility index (Phi) is 5.39. The van der Waals surface area contributed by atoms with Gasteiger partial charge >= 0.3 is 0 Å². The second kappa shape index (κ2) is 6.84. The molecule has 1 aliphatic rings. The van der Waals surface area contributed by atoms with Crippen LogP contribution in [0.2, 0.25) is 10.0 Å². The number of carbonyl (C=O) groups is 1. The van der Waals surface area contributed by atoms with Gasteiger partial charge in [0.15, 0.2) is 0 Å². The van der Waals surface area contributed by atoms with E-state index in [1.807, 2.05) is 6.26 Å². The summed E-state index contributed by atoms with van der Waals surface area (Å²) in [4.78, 5) is 13.0. The lowest BCUT2D eigenvalue weighted by Gasteiger charge is -2.13. The predicted octanol–water partition coefficient (Wildman–Crippen LogP) is 3.20. The highest BCUT2D eigenvalue weighted by atomic mass is 35.5. The Morgan fingerprint density at radius 2 is 2.26 bits per heavy atom. The van der Waals surface area contributed by atoms with Crippen LogP contribution in [0.4, 0.5) is 0 Å². The first-order valence-corrected chi connectivity index (χ1v) is 8.14. The summed E-state index contributed by atoms with van der Waals surface area (Å²) in [5.41, 5.74) is 0.480. The van der Waals surface area contributed by atoms with E-state index in [4.69, 9.17) is 23.2 Å². The third-order valence-corrected chi connectivity index (χ3v) is 4.67. The molecular formula is C13H16Cl2N2OS. The predicted molar refractivity (Wildman–Crippen MR) is 81.6 cm³/mol. The molecule has 2 rings (SSSR count). The van der Waals surface area contributed by atoms with E-state index in [1.54, 1.807) is 12.1 Å². The van der Waals surface area contributed by atoms with E-state index in [0.29, 0.717) is 28.2 Å². The lowest BCUT2D eigenvalue weighted by molar-refractivity contribution is 0.0950. The minimum atomic E-state index is -0.148. The molecule has 1 saturated heterocycles. The van der Waals surface area contributed by atoms with Crippen molar-refractivity contribution in [2.45, 2.75) is 23.8 Å². The molecule has 0 saturated carbocycles. The van der Waals surface area contributed by atoms with Crippen molar-refractivity contribution >= 4 is 40.9 Å². The van der Waals surface area contributed by atoms with Gasteiger partial charge in [-0.1, -0.05) is 23.2 Å². The van der Waals surface area contributed by atoms with Crippen LogP contribution in [0.25, 0.3) is 0 Å². The largest absolute Gasteiger partial charge is 0.350 e. The van der Waals surface area contributed by atoms with Crippen LogP contribution in [-0.2, 0) is 0 Å². The molecule has 0 aliphatic carbocycles. The first kappa shape index (κ1) is 15.0. The van der Waals surface area contributed by atoms with E-state index in [0.717, 1.165) is 17.9 Å². The molecule has 3 nitrogen and oxygen atoms in total. The Balaban J connectivity index is 2.05. The number of hydrogen-bond acceptors (Lipinski definition) is 3. The van der Waals surface area contributed by atoms with Crippen LogP contribution < -0.4 is 10.6 Å². The van der Waals surface area contributed by atoms with Crippen LogP contribution in [0.1, 0.15) is 23.2 Å². The molecule has 1 atom stereocenters. The molecule has 6 heteroatoms. The summed E-state index contributed by atoms with van der Waals surface area (Å²) in [6.07, 6.45) is 4.18. The van der Waals surface area contributed by atoms with Crippen LogP contribution in [0.15, 0.2) is 17.0 Å². The van der Waals surface area contributed by atoms with E-state index < -0.39 is 0 Å². The Morgan fingerprint density at radius 1 is 1.47 bits per heavy atom. The molecule has 104 valence electrons. The van der Waals surface area contributed by atoms with Gasteiger partial charge in [0.25, 0.3) is 5.91 Å². The molecule has 1 fully saturated rings. The van der Waals surface area contributed by atoms with Gasteiger partial charge < -0.3 is 10.6 Å². The molecule has 0 aromatic heterocycles. The van der Waals surface area contributed by atoms with Crippen molar-refractivity contribution in [2.24, 2.45) is 0 Å². The molecule has 0 radical (unpaired) electrons. The van der Waals surface area contributed by atoms with E-state index in [-0.39, 0.29) is 5.91 Å². The van der Waals surface area contributed by atoms with Gasteiger partial charge in [-0.05, 0) is 37.8 Å². The second-order valence-electron chi connectivity index (χ2n) is 4.47. The summed E-state index contributed by atoms with van der Waals surface area (Å²) in [7, 11) is 0. The zero-order valence-corrected chi connectivity index (χ0v) is 13.0. The maximum atomic E-state index is 12.1. The summed E-state index contributed by atoms with van der Waals surface area (Å²) in [6.45, 7) is 1.66. The number of amides is 1. The fourth-order valence-corrected chi connectivity index (χ4v) is 3.29. The monoisotopic (exact) mass is 318 g/mol. The Hall–Kier alpha value is -0.420. The van der Waals surface area contributed by atoms with E-state index >= 15 is 0 Å². The molecule has 0 spiro atoms. The molecule has 1 heterocycles. The topological polar surface area (TPSA) is 41.1 Å². The van der Waals surface area contributed by atoms with Crippen LogP contribution in [0.3, 0.4) is 0 Å². The van der Waals surface area contributed by atoms with Crippen LogP contribution in [0, 0.1) is 0 Å². The molecule has 1 amide bonds. The lowest BCUT2D eigenvalue weighted by atomic mass is 10.2. The molecule has 19 heavy (non-hydrogen) atoms. The Bertz CT molecular complexity index is 476. The van der Waals surface area contributed by atoms with E-state index in [1.165, 1.54) is 18.2 Å². The third kappa shape index (κ3) is 3.78. The molecule has 1 aromatic carbocycles. The standard InChI is InChI=1S/C13H16Cl2N2OS/c1-19-12-5-9(10(14)6-11(12)15)13(18)17-7-8-3-2-4-16-8/h5-6,8,16H,2-4,7H2,1H3,(H,17,18). The molecule has 1 aliphatic heterocycles. The third-order valence-electron chi connectivity index (χ3n) is 3.16. The van der Waals surface area contributed by atoms with Crippen LogP contribution in [0.5, 0.6) is 0 Å². The maximum Gasteiger partial charge on any atom is 0.252 e. The number of rotatable bonds is 4. The summed E-state index contributed by atoms with van der Waals surface area (Å²) < 4.78 is 0. The minimum Gasteiger partial charge on any atom is -0.350 e. The van der Waals surface area contributed by atoms with Crippen molar-refractivity contribution in [1.29, 1.82) is 0 Å². The highest BCUT2D eigenvalue weighted by molar-refractivity contribution is 7.98. The Labute approximate surface area is 127 Å². The van der Waals surface area contributed by atoms with Gasteiger partial charge in [0.2, 0.25) is 0 Å². The average molecular weight is 319 g/mol. The number of hydrogen-bond donors (Lipinski definition) is 2.